The Morgan fingerprint density at radius 1 is 1.14 bits per heavy atom. The van der Waals surface area contributed by atoms with Crippen molar-refractivity contribution < 1.29 is 23.9 Å². The predicted molar refractivity (Wildman–Crippen MR) is 110 cm³/mol. The zero-order chi connectivity index (χ0) is 21.6. The molecule has 3 rings (SSSR count). The van der Waals surface area contributed by atoms with Crippen molar-refractivity contribution in [2.45, 2.75) is 78.6 Å². The van der Waals surface area contributed by atoms with Crippen LogP contribution in [0.25, 0.3) is 0 Å². The van der Waals surface area contributed by atoms with Crippen LogP contribution in [0.1, 0.15) is 94.6 Å². The molecule has 0 heterocycles. The van der Waals surface area contributed by atoms with Crippen molar-refractivity contribution in [1.82, 2.24) is 0 Å². The standard InChI is InChI=1S/C24H32O5/c1-14(2)17-10-18-19(11-21(17)29-16(4)26)24(6)9-7-8-23(5,13-28-15(3)25)22(24)12-20(18)27/h10-11,14,22H,7-9,12-13H2,1-6H3/t22?,23-,24+/m0/s1. The minimum absolute atomic E-state index is 0.0678. The molecule has 0 saturated heterocycles. The summed E-state index contributed by atoms with van der Waals surface area (Å²) in [7, 11) is 0. The lowest BCUT2D eigenvalue weighted by Crippen LogP contribution is -2.52. The Morgan fingerprint density at radius 2 is 1.83 bits per heavy atom. The van der Waals surface area contributed by atoms with E-state index in [4.69, 9.17) is 9.47 Å². The number of carbonyl (C=O) groups is 3. The molecule has 3 atom stereocenters. The number of esters is 2. The van der Waals surface area contributed by atoms with Crippen LogP contribution in [0.2, 0.25) is 0 Å². The molecule has 0 aliphatic heterocycles. The van der Waals surface area contributed by atoms with Gasteiger partial charge in [-0.2, -0.15) is 0 Å². The monoisotopic (exact) mass is 400 g/mol. The fourth-order valence-corrected chi connectivity index (χ4v) is 5.50. The van der Waals surface area contributed by atoms with Crippen LogP contribution in [0, 0.1) is 11.3 Å². The van der Waals surface area contributed by atoms with Crippen LogP contribution >= 0.6 is 0 Å². The van der Waals surface area contributed by atoms with E-state index in [1.807, 2.05) is 26.0 Å². The Hall–Kier alpha value is -2.17. The average molecular weight is 401 g/mol. The summed E-state index contributed by atoms with van der Waals surface area (Å²) in [4.78, 5) is 36.3. The van der Waals surface area contributed by atoms with Crippen molar-refractivity contribution in [3.8, 4) is 5.75 Å². The Bertz CT molecular complexity index is 855. The van der Waals surface area contributed by atoms with Crippen molar-refractivity contribution >= 4 is 17.7 Å². The van der Waals surface area contributed by atoms with Gasteiger partial charge in [0.15, 0.2) is 5.78 Å². The molecule has 1 saturated carbocycles. The fourth-order valence-electron chi connectivity index (χ4n) is 5.50. The summed E-state index contributed by atoms with van der Waals surface area (Å²) in [6, 6.07) is 3.85. The van der Waals surface area contributed by atoms with Crippen LogP contribution < -0.4 is 4.74 Å². The van der Waals surface area contributed by atoms with Crippen molar-refractivity contribution in [2.75, 3.05) is 6.61 Å². The lowest BCUT2D eigenvalue weighted by molar-refractivity contribution is -0.148. The van der Waals surface area contributed by atoms with Crippen LogP contribution in [0.5, 0.6) is 5.75 Å². The van der Waals surface area contributed by atoms with Gasteiger partial charge in [-0.1, -0.05) is 34.1 Å². The molecule has 1 fully saturated rings. The summed E-state index contributed by atoms with van der Waals surface area (Å²) in [6.45, 7) is 11.5. The summed E-state index contributed by atoms with van der Waals surface area (Å²) < 4.78 is 11.0. The summed E-state index contributed by atoms with van der Waals surface area (Å²) in [5, 5.41) is 0. The molecule has 1 aromatic carbocycles. The molecule has 1 unspecified atom stereocenters. The second-order valence-corrected chi connectivity index (χ2v) is 9.57. The lowest BCUT2D eigenvalue weighted by Gasteiger charge is -2.54. The van der Waals surface area contributed by atoms with Crippen LogP contribution in [0.15, 0.2) is 12.1 Å². The number of benzene rings is 1. The Balaban J connectivity index is 2.13. The number of carbonyl (C=O) groups excluding carboxylic acids is 3. The summed E-state index contributed by atoms with van der Waals surface area (Å²) in [6.07, 6.45) is 3.32. The van der Waals surface area contributed by atoms with E-state index < -0.39 is 0 Å². The van der Waals surface area contributed by atoms with Gasteiger partial charge in [0, 0.05) is 31.2 Å². The Labute approximate surface area is 173 Å². The van der Waals surface area contributed by atoms with Crippen molar-refractivity contribution in [3.63, 3.8) is 0 Å². The normalized spacial score (nSPS) is 28.5. The number of Topliss-reactive ketones (excluding diaryl/α,β-unsaturated/α-hetero) is 1. The van der Waals surface area contributed by atoms with E-state index in [9.17, 15) is 14.4 Å². The number of rotatable bonds is 4. The third kappa shape index (κ3) is 3.84. The van der Waals surface area contributed by atoms with Gasteiger partial charge in [-0.05, 0) is 53.4 Å². The molecule has 2 aliphatic carbocycles. The zero-order valence-corrected chi connectivity index (χ0v) is 18.4. The van der Waals surface area contributed by atoms with Gasteiger partial charge in [0.2, 0.25) is 0 Å². The molecule has 0 spiro atoms. The maximum atomic E-state index is 13.2. The molecule has 158 valence electrons. The molecule has 1 aromatic rings. The topological polar surface area (TPSA) is 69.7 Å². The van der Waals surface area contributed by atoms with Gasteiger partial charge < -0.3 is 9.47 Å². The lowest BCUT2D eigenvalue weighted by atomic mass is 9.49. The van der Waals surface area contributed by atoms with Crippen molar-refractivity contribution in [3.05, 3.63) is 28.8 Å². The van der Waals surface area contributed by atoms with Crippen LogP contribution in [0.3, 0.4) is 0 Å². The van der Waals surface area contributed by atoms with E-state index in [0.717, 1.165) is 36.0 Å². The van der Waals surface area contributed by atoms with E-state index in [-0.39, 0.29) is 40.4 Å². The van der Waals surface area contributed by atoms with E-state index in [2.05, 4.69) is 13.8 Å². The third-order valence-corrected chi connectivity index (χ3v) is 6.99. The highest BCUT2D eigenvalue weighted by Crippen LogP contribution is 2.58. The highest BCUT2D eigenvalue weighted by Gasteiger charge is 2.54. The van der Waals surface area contributed by atoms with E-state index >= 15 is 0 Å². The number of hydrogen-bond donors (Lipinski definition) is 0. The second kappa shape index (κ2) is 7.58. The minimum atomic E-state index is -0.362. The Kier molecular flexibility index (Phi) is 5.63. The smallest absolute Gasteiger partial charge is 0.308 e. The highest BCUT2D eigenvalue weighted by molar-refractivity contribution is 6.00. The number of ether oxygens (including phenoxy) is 2. The molecule has 0 aromatic heterocycles. The predicted octanol–water partition coefficient (Wildman–Crippen LogP) is 4.95. The van der Waals surface area contributed by atoms with Gasteiger partial charge in [-0.3, -0.25) is 14.4 Å². The number of hydrogen-bond acceptors (Lipinski definition) is 5. The largest absolute Gasteiger partial charge is 0.465 e. The molecule has 0 bridgehead atoms. The Morgan fingerprint density at radius 3 is 2.41 bits per heavy atom. The van der Waals surface area contributed by atoms with Gasteiger partial charge in [0.05, 0.1) is 6.61 Å². The minimum Gasteiger partial charge on any atom is -0.465 e. The average Bonchev–Trinajstić information content (AvgIpc) is 2.61. The summed E-state index contributed by atoms with van der Waals surface area (Å²) in [5.41, 5.74) is 2.10. The maximum Gasteiger partial charge on any atom is 0.308 e. The first-order valence-corrected chi connectivity index (χ1v) is 10.5. The van der Waals surface area contributed by atoms with E-state index in [0.29, 0.717) is 18.8 Å². The van der Waals surface area contributed by atoms with E-state index in [1.54, 1.807) is 0 Å². The highest BCUT2D eigenvalue weighted by atomic mass is 16.5. The zero-order valence-electron chi connectivity index (χ0n) is 18.4. The van der Waals surface area contributed by atoms with Crippen molar-refractivity contribution in [1.29, 1.82) is 0 Å². The molecule has 0 N–H and O–H groups in total. The molecule has 5 heteroatoms. The first-order chi connectivity index (χ1) is 13.5. The van der Waals surface area contributed by atoms with Crippen LogP contribution in [-0.2, 0) is 19.7 Å². The molecular formula is C24H32O5. The van der Waals surface area contributed by atoms with Gasteiger partial charge in [0.25, 0.3) is 0 Å². The number of fused-ring (bicyclic) bond motifs is 3. The fraction of sp³-hybridized carbons (Fsp3) is 0.625. The van der Waals surface area contributed by atoms with Gasteiger partial charge in [-0.25, -0.2) is 0 Å². The molecule has 5 nitrogen and oxygen atoms in total. The first-order valence-electron chi connectivity index (χ1n) is 10.5. The van der Waals surface area contributed by atoms with Gasteiger partial charge in [0.1, 0.15) is 5.75 Å². The molecule has 0 amide bonds. The van der Waals surface area contributed by atoms with Crippen LogP contribution in [-0.4, -0.2) is 24.3 Å². The number of ketones is 1. The van der Waals surface area contributed by atoms with E-state index in [1.165, 1.54) is 13.8 Å². The molecule has 0 radical (unpaired) electrons. The summed E-state index contributed by atoms with van der Waals surface area (Å²) >= 11 is 0. The molecule has 29 heavy (non-hydrogen) atoms. The molecular weight excluding hydrogens is 368 g/mol. The van der Waals surface area contributed by atoms with Crippen molar-refractivity contribution in [2.24, 2.45) is 11.3 Å². The van der Waals surface area contributed by atoms with Gasteiger partial charge in [-0.15, -0.1) is 0 Å². The second-order valence-electron chi connectivity index (χ2n) is 9.57. The van der Waals surface area contributed by atoms with Crippen LogP contribution in [0.4, 0.5) is 0 Å². The van der Waals surface area contributed by atoms with Gasteiger partial charge >= 0.3 is 11.9 Å². The first kappa shape index (κ1) is 21.5. The SMILES string of the molecule is CC(=O)OC[C@]1(C)CCC[C@]2(C)c3cc(OC(C)=O)c(C(C)C)cc3C(=O)CC12. The quantitative estimate of drug-likeness (QED) is 0.528. The third-order valence-electron chi connectivity index (χ3n) is 6.99. The summed E-state index contributed by atoms with van der Waals surface area (Å²) in [5.74, 6) is 0.216. The maximum absolute atomic E-state index is 13.2. The molecule has 2 aliphatic rings.